The maximum atomic E-state index is 11.6. The van der Waals surface area contributed by atoms with Crippen LogP contribution in [-0.4, -0.2) is 14.4 Å². The number of para-hydroxylation sites is 1. The van der Waals surface area contributed by atoms with E-state index in [4.69, 9.17) is 10.1 Å². The summed E-state index contributed by atoms with van der Waals surface area (Å²) < 4.78 is 11.6. The van der Waals surface area contributed by atoms with Crippen LogP contribution in [0.1, 0.15) is 31.7 Å². The summed E-state index contributed by atoms with van der Waals surface area (Å²) in [6, 6.07) is 20.6. The molecule has 0 spiro atoms. The van der Waals surface area contributed by atoms with Crippen molar-refractivity contribution in [3.8, 4) is 11.3 Å². The summed E-state index contributed by atoms with van der Waals surface area (Å²) in [5.74, 6) is 0.222. The highest BCUT2D eigenvalue weighted by Gasteiger charge is 2.19. The Morgan fingerprint density at radius 3 is 2.42 bits per heavy atom. The van der Waals surface area contributed by atoms with Gasteiger partial charge in [0.15, 0.2) is 0 Å². The summed E-state index contributed by atoms with van der Waals surface area (Å²) in [7, 11) is -1.30. The van der Waals surface area contributed by atoms with Gasteiger partial charge in [-0.1, -0.05) is 55.5 Å². The summed E-state index contributed by atoms with van der Waals surface area (Å²) in [5, 5.41) is 6.64. The van der Waals surface area contributed by atoms with Crippen LogP contribution in [0, 0.1) is 0 Å². The Kier molecular flexibility index (Phi) is 5.07. The van der Waals surface area contributed by atoms with Gasteiger partial charge in [-0.25, -0.2) is 9.19 Å². The van der Waals surface area contributed by atoms with Crippen molar-refractivity contribution >= 4 is 21.9 Å². The summed E-state index contributed by atoms with van der Waals surface area (Å²) >= 11 is 0. The van der Waals surface area contributed by atoms with E-state index in [0.29, 0.717) is 0 Å². The molecule has 1 aromatic heterocycles. The molecule has 3 aromatic rings. The Morgan fingerprint density at radius 2 is 1.71 bits per heavy atom. The molecular weight excluding hydrogens is 316 g/mol. The lowest BCUT2D eigenvalue weighted by atomic mass is 9.91. The maximum absolute atomic E-state index is 11.6. The zero-order chi connectivity index (χ0) is 17.1. The average molecular weight is 338 g/mol. The molecule has 0 radical (unpaired) electrons. The molecule has 124 valence electrons. The third-order valence-corrected chi connectivity index (χ3v) is 5.40. The second-order valence-electron chi connectivity index (χ2n) is 6.26. The number of rotatable bonds is 5. The number of aromatic nitrogens is 1. The molecule has 3 nitrogen and oxygen atoms in total. The van der Waals surface area contributed by atoms with Crippen LogP contribution < -0.4 is 5.14 Å². The van der Waals surface area contributed by atoms with Crippen molar-refractivity contribution in [2.75, 3.05) is 0 Å². The summed E-state index contributed by atoms with van der Waals surface area (Å²) in [6.07, 6.45) is 0.767. The summed E-state index contributed by atoms with van der Waals surface area (Å²) in [6.45, 7) is 4.09. The first-order valence-corrected chi connectivity index (χ1v) is 9.44. The molecule has 0 aliphatic rings. The van der Waals surface area contributed by atoms with Crippen LogP contribution in [0.3, 0.4) is 0 Å². The quantitative estimate of drug-likeness (QED) is 0.749. The number of benzene rings is 2. The molecule has 2 unspecified atom stereocenters. The molecule has 2 aromatic carbocycles. The first-order valence-electron chi connectivity index (χ1n) is 8.16. The van der Waals surface area contributed by atoms with E-state index in [1.165, 1.54) is 5.56 Å². The molecule has 24 heavy (non-hydrogen) atoms. The fraction of sp³-hybridized carbons (Fsp3) is 0.250. The Labute approximate surface area is 145 Å². The highest BCUT2D eigenvalue weighted by molar-refractivity contribution is 7.83. The molecule has 0 saturated heterocycles. The minimum atomic E-state index is -1.30. The zero-order valence-electron chi connectivity index (χ0n) is 14.0. The molecule has 0 aliphatic carbocycles. The third kappa shape index (κ3) is 3.55. The molecule has 2 N–H and O–H groups in total. The van der Waals surface area contributed by atoms with Gasteiger partial charge in [0, 0.05) is 16.2 Å². The summed E-state index contributed by atoms with van der Waals surface area (Å²) in [5.41, 5.74) is 4.27. The minimum absolute atomic E-state index is 0.0462. The predicted molar refractivity (Wildman–Crippen MR) is 102 cm³/mol. The lowest BCUT2D eigenvalue weighted by Gasteiger charge is -2.19. The van der Waals surface area contributed by atoms with E-state index in [0.717, 1.165) is 28.6 Å². The van der Waals surface area contributed by atoms with E-state index in [-0.39, 0.29) is 11.2 Å². The van der Waals surface area contributed by atoms with Crippen molar-refractivity contribution in [3.05, 3.63) is 66.2 Å². The van der Waals surface area contributed by atoms with Gasteiger partial charge in [-0.2, -0.15) is 0 Å². The van der Waals surface area contributed by atoms with Gasteiger partial charge in [-0.3, -0.25) is 5.14 Å². The van der Waals surface area contributed by atoms with Crippen LogP contribution in [-0.2, 0) is 11.0 Å². The molecule has 0 amide bonds. The van der Waals surface area contributed by atoms with Crippen LogP contribution in [0.15, 0.2) is 60.7 Å². The monoisotopic (exact) mass is 338 g/mol. The van der Waals surface area contributed by atoms with Crippen LogP contribution in [0.4, 0.5) is 0 Å². The van der Waals surface area contributed by atoms with Gasteiger partial charge < -0.3 is 0 Å². The number of hydrogen-bond donors (Lipinski definition) is 1. The van der Waals surface area contributed by atoms with Gasteiger partial charge in [0.25, 0.3) is 0 Å². The van der Waals surface area contributed by atoms with Gasteiger partial charge >= 0.3 is 0 Å². The van der Waals surface area contributed by atoms with E-state index in [2.05, 4.69) is 31.2 Å². The first kappa shape index (κ1) is 16.8. The van der Waals surface area contributed by atoms with Crippen molar-refractivity contribution in [2.24, 2.45) is 5.14 Å². The normalized spacial score (nSPS) is 15.1. The Morgan fingerprint density at radius 1 is 1.04 bits per heavy atom. The molecule has 0 saturated carbocycles. The van der Waals surface area contributed by atoms with Gasteiger partial charge in [-0.05, 0) is 37.0 Å². The van der Waals surface area contributed by atoms with E-state index in [1.807, 2.05) is 43.3 Å². The topological polar surface area (TPSA) is 56.0 Å². The SMILES string of the molecule is CC(C[C@H](C)c1cc2ccccc2nc1-c1ccccc1)S(N)=O. The molecule has 4 heteroatoms. The van der Waals surface area contributed by atoms with Crippen LogP contribution >= 0.6 is 0 Å². The molecule has 0 bridgehead atoms. The van der Waals surface area contributed by atoms with Crippen LogP contribution in [0.5, 0.6) is 0 Å². The van der Waals surface area contributed by atoms with E-state index in [9.17, 15) is 4.21 Å². The van der Waals surface area contributed by atoms with Crippen molar-refractivity contribution in [1.82, 2.24) is 4.98 Å². The number of pyridine rings is 1. The van der Waals surface area contributed by atoms with Gasteiger partial charge in [-0.15, -0.1) is 0 Å². The lowest BCUT2D eigenvalue weighted by molar-refractivity contribution is 0.635. The second kappa shape index (κ2) is 7.24. The maximum Gasteiger partial charge on any atom is 0.0917 e. The lowest BCUT2D eigenvalue weighted by Crippen LogP contribution is -2.20. The first-order chi connectivity index (χ1) is 11.6. The van der Waals surface area contributed by atoms with Crippen molar-refractivity contribution in [1.29, 1.82) is 0 Å². The van der Waals surface area contributed by atoms with Crippen molar-refractivity contribution in [3.63, 3.8) is 0 Å². The standard InChI is InChI=1S/C20H22N2OS/c1-14(12-15(2)24(21)23)18-13-17-10-6-7-11-19(17)22-20(18)16-8-4-3-5-9-16/h3-11,13-15H,12,21H2,1-2H3/t14-,15?,24?/m0/s1. The molecule has 0 fully saturated rings. The molecular formula is C20H22N2OS. The summed E-state index contributed by atoms with van der Waals surface area (Å²) in [4.78, 5) is 4.91. The number of fused-ring (bicyclic) bond motifs is 1. The molecule has 3 atom stereocenters. The van der Waals surface area contributed by atoms with Gasteiger partial charge in [0.05, 0.1) is 22.2 Å². The highest BCUT2D eigenvalue weighted by atomic mass is 32.2. The largest absolute Gasteiger partial charge is 0.252 e. The Hall–Kier alpha value is -2.04. The fourth-order valence-electron chi connectivity index (χ4n) is 3.05. The van der Waals surface area contributed by atoms with Gasteiger partial charge in [0.1, 0.15) is 0 Å². The molecule has 1 heterocycles. The highest BCUT2D eigenvalue weighted by Crippen LogP contribution is 2.33. The minimum Gasteiger partial charge on any atom is -0.252 e. The van der Waals surface area contributed by atoms with Gasteiger partial charge in [0.2, 0.25) is 0 Å². The predicted octanol–water partition coefficient (Wildman–Crippen LogP) is 4.41. The smallest absolute Gasteiger partial charge is 0.0917 e. The number of hydrogen-bond acceptors (Lipinski definition) is 2. The van der Waals surface area contributed by atoms with Crippen LogP contribution in [0.2, 0.25) is 0 Å². The fourth-order valence-corrected chi connectivity index (χ4v) is 3.53. The van der Waals surface area contributed by atoms with E-state index < -0.39 is 11.0 Å². The number of nitrogens with two attached hydrogens (primary N) is 1. The second-order valence-corrected chi connectivity index (χ2v) is 7.72. The zero-order valence-corrected chi connectivity index (χ0v) is 14.8. The molecule has 3 rings (SSSR count). The Balaban J connectivity index is 2.11. The van der Waals surface area contributed by atoms with Crippen molar-refractivity contribution < 1.29 is 4.21 Å². The molecule has 0 aliphatic heterocycles. The Bertz CT molecular complexity index is 864. The van der Waals surface area contributed by atoms with Crippen LogP contribution in [0.25, 0.3) is 22.2 Å². The number of nitrogens with zero attached hydrogens (tertiary/aromatic N) is 1. The third-order valence-electron chi connectivity index (χ3n) is 4.41. The average Bonchev–Trinajstić information content (AvgIpc) is 2.61. The van der Waals surface area contributed by atoms with E-state index in [1.54, 1.807) is 0 Å². The van der Waals surface area contributed by atoms with Crippen molar-refractivity contribution in [2.45, 2.75) is 31.4 Å². The van der Waals surface area contributed by atoms with E-state index >= 15 is 0 Å².